The minimum absolute atomic E-state index is 0.0795. The van der Waals surface area contributed by atoms with E-state index in [9.17, 15) is 0 Å². The molecule has 0 aromatic carbocycles. The Morgan fingerprint density at radius 2 is 2.05 bits per heavy atom. The molecule has 3 atom stereocenters. The number of hydrogen-bond donors (Lipinski definition) is 1. The number of likely N-dealkylation sites (N-methyl/N-ethyl adjacent to an activating group) is 1. The standard InChI is InChI=1S/C16H32N2O/c1-12(2)8-9-18(5)11-16(17)13-7-6-10-19-14(13)15(16,3)4/h12-14H,6-11,17H2,1-5H3. The van der Waals surface area contributed by atoms with Crippen LogP contribution in [0, 0.1) is 17.3 Å². The van der Waals surface area contributed by atoms with Crippen molar-refractivity contribution in [3.63, 3.8) is 0 Å². The summed E-state index contributed by atoms with van der Waals surface area (Å²) in [5.74, 6) is 1.31. The van der Waals surface area contributed by atoms with Gasteiger partial charge < -0.3 is 15.4 Å². The van der Waals surface area contributed by atoms with Gasteiger partial charge in [-0.2, -0.15) is 0 Å². The van der Waals surface area contributed by atoms with Gasteiger partial charge in [0, 0.05) is 30.0 Å². The zero-order valence-electron chi connectivity index (χ0n) is 13.4. The Kier molecular flexibility index (Phi) is 4.29. The fourth-order valence-electron chi connectivity index (χ4n) is 3.99. The van der Waals surface area contributed by atoms with Gasteiger partial charge in [0.25, 0.3) is 0 Å². The lowest BCUT2D eigenvalue weighted by Crippen LogP contribution is -2.80. The zero-order chi connectivity index (χ0) is 14.3. The maximum absolute atomic E-state index is 6.82. The molecule has 112 valence electrons. The molecule has 0 spiro atoms. The first-order chi connectivity index (χ1) is 8.79. The van der Waals surface area contributed by atoms with Crippen LogP contribution in [-0.4, -0.2) is 43.3 Å². The van der Waals surface area contributed by atoms with Crippen molar-refractivity contribution in [3.05, 3.63) is 0 Å². The van der Waals surface area contributed by atoms with Crippen molar-refractivity contribution < 1.29 is 4.74 Å². The van der Waals surface area contributed by atoms with Gasteiger partial charge in [-0.1, -0.05) is 27.7 Å². The van der Waals surface area contributed by atoms with E-state index in [0.717, 1.165) is 25.6 Å². The number of fused-ring (bicyclic) bond motifs is 1. The minimum atomic E-state index is -0.0795. The van der Waals surface area contributed by atoms with Crippen molar-refractivity contribution >= 4 is 0 Å². The van der Waals surface area contributed by atoms with Crippen molar-refractivity contribution in [3.8, 4) is 0 Å². The number of hydrogen-bond acceptors (Lipinski definition) is 3. The fraction of sp³-hybridized carbons (Fsp3) is 1.00. The van der Waals surface area contributed by atoms with Gasteiger partial charge in [0.2, 0.25) is 0 Å². The molecule has 1 heterocycles. The van der Waals surface area contributed by atoms with Gasteiger partial charge in [-0.25, -0.2) is 0 Å². The van der Waals surface area contributed by atoms with Crippen LogP contribution in [0.1, 0.15) is 47.0 Å². The van der Waals surface area contributed by atoms with Crippen LogP contribution in [0.25, 0.3) is 0 Å². The smallest absolute Gasteiger partial charge is 0.0690 e. The van der Waals surface area contributed by atoms with E-state index in [1.165, 1.54) is 19.3 Å². The summed E-state index contributed by atoms with van der Waals surface area (Å²) in [6, 6.07) is 0. The van der Waals surface area contributed by atoms with Crippen LogP contribution in [0.2, 0.25) is 0 Å². The lowest BCUT2D eigenvalue weighted by atomic mass is 9.46. The summed E-state index contributed by atoms with van der Waals surface area (Å²) in [7, 11) is 2.21. The molecule has 3 nitrogen and oxygen atoms in total. The molecule has 0 bridgehead atoms. The predicted octanol–water partition coefficient (Wildman–Crippen LogP) is 2.50. The third-order valence-electron chi connectivity index (χ3n) is 5.51. The second kappa shape index (κ2) is 5.34. The Labute approximate surface area is 118 Å². The van der Waals surface area contributed by atoms with E-state index < -0.39 is 0 Å². The molecule has 2 aliphatic rings. The number of nitrogens with zero attached hydrogens (tertiary/aromatic N) is 1. The van der Waals surface area contributed by atoms with Gasteiger partial charge >= 0.3 is 0 Å². The molecule has 3 heteroatoms. The monoisotopic (exact) mass is 268 g/mol. The highest BCUT2D eigenvalue weighted by atomic mass is 16.5. The molecule has 3 unspecified atom stereocenters. The molecule has 1 saturated carbocycles. The average Bonchev–Trinajstić information content (AvgIpc) is 2.36. The molecule has 2 rings (SSSR count). The first kappa shape index (κ1) is 15.3. The van der Waals surface area contributed by atoms with Crippen molar-refractivity contribution in [2.24, 2.45) is 23.0 Å². The molecule has 0 aromatic rings. The molecule has 1 saturated heterocycles. The van der Waals surface area contributed by atoms with E-state index in [0.29, 0.717) is 12.0 Å². The molecule has 19 heavy (non-hydrogen) atoms. The first-order valence-corrected chi connectivity index (χ1v) is 7.88. The van der Waals surface area contributed by atoms with Gasteiger partial charge in [-0.15, -0.1) is 0 Å². The van der Waals surface area contributed by atoms with E-state index in [4.69, 9.17) is 10.5 Å². The Bertz CT molecular complexity index is 316. The lowest BCUT2D eigenvalue weighted by Gasteiger charge is -2.67. The van der Waals surface area contributed by atoms with Crippen LogP contribution in [0.5, 0.6) is 0 Å². The van der Waals surface area contributed by atoms with Crippen molar-refractivity contribution in [1.29, 1.82) is 0 Å². The highest BCUT2D eigenvalue weighted by molar-refractivity contribution is 5.20. The second-order valence-corrected chi connectivity index (χ2v) is 7.72. The zero-order valence-corrected chi connectivity index (χ0v) is 13.4. The Morgan fingerprint density at radius 3 is 2.68 bits per heavy atom. The number of rotatable bonds is 5. The molecule has 0 radical (unpaired) electrons. The Hall–Kier alpha value is -0.120. The number of nitrogens with two attached hydrogens (primary N) is 1. The average molecular weight is 268 g/mol. The molecule has 2 fully saturated rings. The van der Waals surface area contributed by atoms with Gasteiger partial charge in [0.15, 0.2) is 0 Å². The third kappa shape index (κ3) is 2.57. The topological polar surface area (TPSA) is 38.5 Å². The summed E-state index contributed by atoms with van der Waals surface area (Å²) in [5.41, 5.74) is 6.84. The molecular formula is C16H32N2O. The Morgan fingerprint density at radius 1 is 1.37 bits per heavy atom. The van der Waals surface area contributed by atoms with E-state index in [2.05, 4.69) is 39.6 Å². The van der Waals surface area contributed by atoms with Gasteiger partial charge in [-0.05, 0) is 38.8 Å². The molecular weight excluding hydrogens is 236 g/mol. The molecule has 1 aliphatic carbocycles. The molecule has 0 aromatic heterocycles. The van der Waals surface area contributed by atoms with E-state index >= 15 is 0 Å². The lowest BCUT2D eigenvalue weighted by molar-refractivity contribution is -0.231. The van der Waals surface area contributed by atoms with Crippen LogP contribution in [0.4, 0.5) is 0 Å². The summed E-state index contributed by atoms with van der Waals surface area (Å²) in [6.45, 7) is 12.2. The second-order valence-electron chi connectivity index (χ2n) is 7.72. The summed E-state index contributed by atoms with van der Waals surface area (Å²) in [5, 5.41) is 0. The summed E-state index contributed by atoms with van der Waals surface area (Å²) in [6.07, 6.45) is 4.04. The summed E-state index contributed by atoms with van der Waals surface area (Å²) in [4.78, 5) is 2.42. The number of ether oxygens (including phenoxy) is 1. The highest BCUT2D eigenvalue weighted by Gasteiger charge is 2.66. The van der Waals surface area contributed by atoms with Crippen LogP contribution in [0.15, 0.2) is 0 Å². The van der Waals surface area contributed by atoms with Crippen molar-refractivity contribution in [2.75, 3.05) is 26.7 Å². The minimum Gasteiger partial charge on any atom is -0.377 e. The van der Waals surface area contributed by atoms with Gasteiger partial charge in [0.1, 0.15) is 0 Å². The van der Waals surface area contributed by atoms with E-state index in [-0.39, 0.29) is 11.0 Å². The molecule has 1 aliphatic heterocycles. The normalized spacial score (nSPS) is 37.3. The van der Waals surface area contributed by atoms with Crippen LogP contribution in [-0.2, 0) is 4.74 Å². The maximum Gasteiger partial charge on any atom is 0.0690 e. The predicted molar refractivity (Wildman–Crippen MR) is 80.1 cm³/mol. The highest BCUT2D eigenvalue weighted by Crippen LogP contribution is 2.57. The molecule has 2 N–H and O–H groups in total. The Balaban J connectivity index is 1.97. The quantitative estimate of drug-likeness (QED) is 0.832. The molecule has 0 amide bonds. The SMILES string of the molecule is CC(C)CCN(C)CC1(N)C2CCCOC2C1(C)C. The van der Waals surface area contributed by atoms with E-state index in [1.807, 2.05) is 0 Å². The van der Waals surface area contributed by atoms with Crippen molar-refractivity contribution in [2.45, 2.75) is 58.6 Å². The van der Waals surface area contributed by atoms with Crippen LogP contribution < -0.4 is 5.73 Å². The third-order valence-corrected chi connectivity index (χ3v) is 5.51. The van der Waals surface area contributed by atoms with Gasteiger partial charge in [-0.3, -0.25) is 0 Å². The van der Waals surface area contributed by atoms with Crippen LogP contribution >= 0.6 is 0 Å². The van der Waals surface area contributed by atoms with Crippen molar-refractivity contribution in [1.82, 2.24) is 4.90 Å². The maximum atomic E-state index is 6.82. The van der Waals surface area contributed by atoms with Crippen LogP contribution in [0.3, 0.4) is 0 Å². The largest absolute Gasteiger partial charge is 0.377 e. The fourth-order valence-corrected chi connectivity index (χ4v) is 3.99. The summed E-state index contributed by atoms with van der Waals surface area (Å²) < 4.78 is 5.97. The van der Waals surface area contributed by atoms with Gasteiger partial charge in [0.05, 0.1) is 6.10 Å². The van der Waals surface area contributed by atoms with E-state index in [1.54, 1.807) is 0 Å². The summed E-state index contributed by atoms with van der Waals surface area (Å²) >= 11 is 0. The first-order valence-electron chi connectivity index (χ1n) is 7.88.